The molecule has 3 aromatic rings. The molecule has 1 aromatic heterocycles. The lowest BCUT2D eigenvalue weighted by Crippen LogP contribution is -2.62. The van der Waals surface area contributed by atoms with Crippen LogP contribution in [0, 0.1) is 5.82 Å². The van der Waals surface area contributed by atoms with Crippen molar-refractivity contribution in [2.45, 2.75) is 34.8 Å². The van der Waals surface area contributed by atoms with E-state index in [9.17, 15) is 35.6 Å². The summed E-state index contributed by atoms with van der Waals surface area (Å²) in [6.07, 6.45) is -5.39. The van der Waals surface area contributed by atoms with Gasteiger partial charge in [0.2, 0.25) is 5.13 Å². The van der Waals surface area contributed by atoms with Crippen LogP contribution in [0.5, 0.6) is 0 Å². The fraction of sp³-hybridized carbons (Fsp3) is 0.273. The largest absolute Gasteiger partial charge is 0.464 e. The molecule has 10 nitrogen and oxygen atoms in total. The number of carbonyl (C=O) groups excluding carboxylic acids is 2. The molecule has 17 heteroatoms. The van der Waals surface area contributed by atoms with Crippen LogP contribution in [0.3, 0.4) is 0 Å². The molecule has 39 heavy (non-hydrogen) atoms. The summed E-state index contributed by atoms with van der Waals surface area (Å²) in [7, 11) is -4.09. The summed E-state index contributed by atoms with van der Waals surface area (Å²) in [5, 5.41) is 11.4. The number of benzene rings is 2. The monoisotopic (exact) mass is 607 g/mol. The van der Waals surface area contributed by atoms with E-state index < -0.39 is 51.7 Å². The number of nitrogens with zero attached hydrogens (tertiary/aromatic N) is 2. The molecule has 2 amide bonds. The van der Waals surface area contributed by atoms with Gasteiger partial charge in [-0.3, -0.25) is 4.72 Å². The quantitative estimate of drug-likeness (QED) is 0.171. The fourth-order valence-electron chi connectivity index (χ4n) is 3.19. The van der Waals surface area contributed by atoms with Gasteiger partial charge in [-0.05, 0) is 54.6 Å². The summed E-state index contributed by atoms with van der Waals surface area (Å²) in [4.78, 5) is 25.0. The molecule has 0 fully saturated rings. The molecule has 3 rings (SSSR count). The van der Waals surface area contributed by atoms with Crippen molar-refractivity contribution in [2.75, 3.05) is 22.4 Å². The molecule has 1 atom stereocenters. The Labute approximate surface area is 228 Å². The lowest BCUT2D eigenvalue weighted by Gasteiger charge is -2.34. The fourth-order valence-corrected chi connectivity index (χ4v) is 6.07. The molecule has 210 valence electrons. The minimum atomic E-state index is -5.39. The number of halogens is 4. The van der Waals surface area contributed by atoms with Gasteiger partial charge < -0.3 is 15.4 Å². The number of nitrogens with one attached hydrogen (secondary N) is 3. The first-order valence-corrected chi connectivity index (χ1v) is 14.3. The van der Waals surface area contributed by atoms with Gasteiger partial charge in [-0.2, -0.15) is 13.2 Å². The van der Waals surface area contributed by atoms with E-state index in [1.807, 2.05) is 6.92 Å². The van der Waals surface area contributed by atoms with E-state index in [1.165, 1.54) is 18.7 Å². The minimum absolute atomic E-state index is 0.0378. The van der Waals surface area contributed by atoms with Gasteiger partial charge in [0.15, 0.2) is 4.34 Å². The van der Waals surface area contributed by atoms with E-state index >= 15 is 0 Å². The molecule has 0 aliphatic carbocycles. The van der Waals surface area contributed by atoms with E-state index in [-0.39, 0.29) is 15.7 Å². The number of hydrogen-bond donors (Lipinski definition) is 3. The Kier molecular flexibility index (Phi) is 9.39. The highest BCUT2D eigenvalue weighted by molar-refractivity contribution is 8.01. The van der Waals surface area contributed by atoms with Crippen LogP contribution in [0.15, 0.2) is 57.8 Å². The molecule has 0 saturated heterocycles. The Bertz CT molecular complexity index is 1420. The number of esters is 1. The standard InChI is InChI=1S/C22H21F4N5O5S3/c1-3-36-17(32)21(22(24,25)26,13-5-7-14(23)8-6-13)28-18(33)27-15-9-11-16(12-10-15)39(34,35)31-19-29-30-20(38-19)37-4-2/h5-12H,3-4H2,1-2H3,(H,29,31)(H2,27,28,33). The SMILES string of the molecule is CCOC(=O)C(NC(=O)Nc1ccc(S(=O)(=O)Nc2nnc(SCC)s2)cc1)(c1ccc(F)cc1)C(F)(F)F. The number of urea groups is 1. The van der Waals surface area contributed by atoms with Gasteiger partial charge in [0, 0.05) is 5.69 Å². The van der Waals surface area contributed by atoms with Gasteiger partial charge in [-0.1, -0.05) is 42.2 Å². The van der Waals surface area contributed by atoms with Crippen molar-refractivity contribution in [2.24, 2.45) is 0 Å². The molecule has 0 aliphatic rings. The van der Waals surface area contributed by atoms with Crippen LogP contribution in [0.1, 0.15) is 19.4 Å². The predicted octanol–water partition coefficient (Wildman–Crippen LogP) is 4.73. The predicted molar refractivity (Wildman–Crippen MR) is 136 cm³/mol. The maximum atomic E-state index is 14.3. The van der Waals surface area contributed by atoms with Crippen LogP contribution in [0.2, 0.25) is 0 Å². The average Bonchev–Trinajstić information content (AvgIpc) is 3.29. The Morgan fingerprint density at radius 3 is 2.23 bits per heavy atom. The van der Waals surface area contributed by atoms with E-state index in [4.69, 9.17) is 0 Å². The second kappa shape index (κ2) is 12.2. The van der Waals surface area contributed by atoms with Crippen LogP contribution in [0.25, 0.3) is 0 Å². The number of thioether (sulfide) groups is 1. The van der Waals surface area contributed by atoms with E-state index in [0.29, 0.717) is 28.6 Å². The summed E-state index contributed by atoms with van der Waals surface area (Å²) in [6.45, 7) is 2.75. The zero-order chi connectivity index (χ0) is 28.8. The Morgan fingerprint density at radius 1 is 1.03 bits per heavy atom. The number of ether oxygens (including phenoxy) is 1. The molecule has 2 aromatic carbocycles. The van der Waals surface area contributed by atoms with Crippen molar-refractivity contribution in [1.82, 2.24) is 15.5 Å². The van der Waals surface area contributed by atoms with E-state index in [1.54, 1.807) is 5.32 Å². The van der Waals surface area contributed by atoms with Crippen LogP contribution in [-0.4, -0.2) is 49.2 Å². The molecule has 0 radical (unpaired) electrons. The average molecular weight is 608 g/mol. The van der Waals surface area contributed by atoms with Gasteiger partial charge in [-0.25, -0.2) is 22.4 Å². The van der Waals surface area contributed by atoms with Crippen LogP contribution < -0.4 is 15.4 Å². The highest BCUT2D eigenvalue weighted by Crippen LogP contribution is 2.40. The second-order valence-corrected chi connectivity index (χ2v) is 11.7. The van der Waals surface area contributed by atoms with Gasteiger partial charge in [0.05, 0.1) is 11.5 Å². The van der Waals surface area contributed by atoms with Crippen LogP contribution in [0.4, 0.5) is 33.2 Å². The van der Waals surface area contributed by atoms with Gasteiger partial charge in [-0.15, -0.1) is 10.2 Å². The third kappa shape index (κ3) is 6.96. The number of sulfonamides is 1. The normalized spacial score (nSPS) is 13.3. The molecular formula is C22H21F4N5O5S3. The summed E-state index contributed by atoms with van der Waals surface area (Å²) in [5.41, 5.74) is -4.54. The highest BCUT2D eigenvalue weighted by atomic mass is 32.2. The molecule has 1 unspecified atom stereocenters. The molecule has 0 bridgehead atoms. The zero-order valence-corrected chi connectivity index (χ0v) is 22.7. The molecule has 0 aliphatic heterocycles. The lowest BCUT2D eigenvalue weighted by atomic mass is 9.89. The van der Waals surface area contributed by atoms with Gasteiger partial charge in [0.1, 0.15) is 5.82 Å². The minimum Gasteiger partial charge on any atom is -0.464 e. The highest BCUT2D eigenvalue weighted by Gasteiger charge is 2.64. The van der Waals surface area contributed by atoms with Crippen LogP contribution >= 0.6 is 23.1 Å². The zero-order valence-electron chi connectivity index (χ0n) is 20.2. The summed E-state index contributed by atoms with van der Waals surface area (Å²) in [5.74, 6) is -1.97. The second-order valence-electron chi connectivity index (χ2n) is 7.49. The van der Waals surface area contributed by atoms with Gasteiger partial charge in [0.25, 0.3) is 15.6 Å². The Balaban J connectivity index is 1.82. The third-order valence-corrected chi connectivity index (χ3v) is 8.24. The number of amides is 2. The van der Waals surface area contributed by atoms with Crippen molar-refractivity contribution in [3.05, 3.63) is 59.9 Å². The molecular weight excluding hydrogens is 586 g/mol. The number of aromatic nitrogens is 2. The van der Waals surface area contributed by atoms with Crippen LogP contribution in [-0.2, 0) is 25.1 Å². The van der Waals surface area contributed by atoms with Crippen molar-refractivity contribution < 1.29 is 40.3 Å². The number of rotatable bonds is 10. The molecule has 0 saturated carbocycles. The summed E-state index contributed by atoms with van der Waals surface area (Å²) >= 11 is 2.42. The molecule has 3 N–H and O–H groups in total. The van der Waals surface area contributed by atoms with Crippen molar-refractivity contribution in [3.63, 3.8) is 0 Å². The maximum Gasteiger partial charge on any atom is 0.426 e. The topological polar surface area (TPSA) is 139 Å². The Hall–Kier alpha value is -3.44. The van der Waals surface area contributed by atoms with Crippen molar-refractivity contribution in [3.8, 4) is 0 Å². The number of hydrogen-bond acceptors (Lipinski definition) is 9. The maximum absolute atomic E-state index is 14.3. The smallest absolute Gasteiger partial charge is 0.426 e. The van der Waals surface area contributed by atoms with Crippen molar-refractivity contribution >= 4 is 55.9 Å². The van der Waals surface area contributed by atoms with Gasteiger partial charge >= 0.3 is 18.2 Å². The first-order valence-electron chi connectivity index (χ1n) is 11.0. The Morgan fingerprint density at radius 2 is 1.67 bits per heavy atom. The lowest BCUT2D eigenvalue weighted by molar-refractivity contribution is -0.213. The van der Waals surface area contributed by atoms with Crippen molar-refractivity contribution in [1.29, 1.82) is 0 Å². The first kappa shape index (κ1) is 30.1. The first-order chi connectivity index (χ1) is 18.3. The number of anilines is 2. The van der Waals surface area contributed by atoms with E-state index in [2.05, 4.69) is 25.0 Å². The summed E-state index contributed by atoms with van der Waals surface area (Å²) < 4.78 is 89.1. The third-order valence-electron chi connectivity index (χ3n) is 4.90. The van der Waals surface area contributed by atoms with E-state index in [0.717, 1.165) is 41.4 Å². The summed E-state index contributed by atoms with van der Waals surface area (Å²) in [6, 6.07) is 5.80. The molecule has 1 heterocycles. The molecule has 0 spiro atoms. The number of carbonyl (C=O) groups is 2. The number of alkyl halides is 3.